The van der Waals surface area contributed by atoms with E-state index in [4.69, 9.17) is 5.84 Å². The summed E-state index contributed by atoms with van der Waals surface area (Å²) in [6.45, 7) is 0.929. The molecule has 0 spiro atoms. The number of nitrogens with one attached hydrogen (secondary N) is 2. The quantitative estimate of drug-likeness (QED) is 0.253. The molecule has 1 aliphatic heterocycles. The van der Waals surface area contributed by atoms with Crippen LogP contribution < -0.4 is 16.6 Å². The predicted octanol–water partition coefficient (Wildman–Crippen LogP) is -0.882. The van der Waals surface area contributed by atoms with Crippen LogP contribution in [0.2, 0.25) is 0 Å². The van der Waals surface area contributed by atoms with E-state index in [1.165, 1.54) is 0 Å². The average molecular weight is 143 g/mol. The summed E-state index contributed by atoms with van der Waals surface area (Å²) in [6, 6.07) is -0.0567. The SMILES string of the molecule is NNC(=O)[C@@H]1CCCCN1. The lowest BCUT2D eigenvalue weighted by Crippen LogP contribution is -2.48. The van der Waals surface area contributed by atoms with Crippen molar-refractivity contribution in [1.82, 2.24) is 10.7 Å². The summed E-state index contributed by atoms with van der Waals surface area (Å²) in [7, 11) is 0. The molecule has 10 heavy (non-hydrogen) atoms. The van der Waals surface area contributed by atoms with Crippen molar-refractivity contribution in [2.75, 3.05) is 6.54 Å². The zero-order valence-corrected chi connectivity index (χ0v) is 5.89. The van der Waals surface area contributed by atoms with Gasteiger partial charge in [0.05, 0.1) is 6.04 Å². The van der Waals surface area contributed by atoms with Gasteiger partial charge in [0.25, 0.3) is 5.91 Å². The Hall–Kier alpha value is -0.610. The molecule has 0 aliphatic carbocycles. The molecule has 0 saturated carbocycles. The van der Waals surface area contributed by atoms with E-state index in [1.54, 1.807) is 0 Å². The highest BCUT2D eigenvalue weighted by Crippen LogP contribution is 2.05. The molecule has 0 bridgehead atoms. The first-order chi connectivity index (χ1) is 4.84. The van der Waals surface area contributed by atoms with Gasteiger partial charge in [-0.05, 0) is 19.4 Å². The van der Waals surface area contributed by atoms with Gasteiger partial charge in [-0.3, -0.25) is 10.2 Å². The summed E-state index contributed by atoms with van der Waals surface area (Å²) in [5.41, 5.74) is 2.13. The maximum Gasteiger partial charge on any atom is 0.250 e. The standard InChI is InChI=1S/C6H13N3O/c7-9-6(10)5-3-1-2-4-8-5/h5,8H,1-4,7H2,(H,9,10)/t5-/m0/s1. The molecule has 0 aromatic carbocycles. The smallest absolute Gasteiger partial charge is 0.250 e. The molecule has 1 saturated heterocycles. The molecule has 0 radical (unpaired) electrons. The third-order valence-corrected chi connectivity index (χ3v) is 1.77. The summed E-state index contributed by atoms with van der Waals surface area (Å²) in [6.07, 6.45) is 3.18. The van der Waals surface area contributed by atoms with E-state index < -0.39 is 0 Å². The fourth-order valence-electron chi connectivity index (χ4n) is 1.18. The Kier molecular flexibility index (Phi) is 2.65. The molecule has 1 atom stereocenters. The van der Waals surface area contributed by atoms with Gasteiger partial charge in [-0.2, -0.15) is 0 Å². The highest BCUT2D eigenvalue weighted by Gasteiger charge is 2.18. The number of carbonyl (C=O) groups is 1. The number of carbonyl (C=O) groups excluding carboxylic acids is 1. The predicted molar refractivity (Wildman–Crippen MR) is 38.0 cm³/mol. The molecule has 1 rings (SSSR count). The Morgan fingerprint density at radius 3 is 2.90 bits per heavy atom. The Morgan fingerprint density at radius 2 is 2.40 bits per heavy atom. The van der Waals surface area contributed by atoms with Crippen LogP contribution >= 0.6 is 0 Å². The van der Waals surface area contributed by atoms with E-state index in [0.29, 0.717) is 0 Å². The number of piperidine rings is 1. The molecule has 0 aromatic rings. The van der Waals surface area contributed by atoms with Crippen LogP contribution in [-0.4, -0.2) is 18.5 Å². The number of hydrazine groups is 1. The molecule has 4 heteroatoms. The van der Waals surface area contributed by atoms with Crippen LogP contribution in [0.25, 0.3) is 0 Å². The van der Waals surface area contributed by atoms with Gasteiger partial charge in [0.15, 0.2) is 0 Å². The van der Waals surface area contributed by atoms with Crippen molar-refractivity contribution in [2.24, 2.45) is 5.84 Å². The van der Waals surface area contributed by atoms with Gasteiger partial charge >= 0.3 is 0 Å². The molecular weight excluding hydrogens is 130 g/mol. The van der Waals surface area contributed by atoms with Crippen LogP contribution in [0.4, 0.5) is 0 Å². The Labute approximate surface area is 60.1 Å². The van der Waals surface area contributed by atoms with Crippen molar-refractivity contribution < 1.29 is 4.79 Å². The van der Waals surface area contributed by atoms with E-state index in [0.717, 1.165) is 25.8 Å². The zero-order chi connectivity index (χ0) is 7.40. The van der Waals surface area contributed by atoms with Gasteiger partial charge in [-0.25, -0.2) is 5.84 Å². The number of hydrogen-bond donors (Lipinski definition) is 3. The van der Waals surface area contributed by atoms with Gasteiger partial charge < -0.3 is 5.32 Å². The average Bonchev–Trinajstić information content (AvgIpc) is 2.05. The second kappa shape index (κ2) is 3.53. The van der Waals surface area contributed by atoms with Crippen molar-refractivity contribution in [1.29, 1.82) is 0 Å². The second-order valence-corrected chi connectivity index (χ2v) is 2.51. The lowest BCUT2D eigenvalue weighted by atomic mass is 10.1. The van der Waals surface area contributed by atoms with Crippen LogP contribution in [0.1, 0.15) is 19.3 Å². The van der Waals surface area contributed by atoms with Crippen molar-refractivity contribution in [3.8, 4) is 0 Å². The molecule has 4 N–H and O–H groups in total. The van der Waals surface area contributed by atoms with Crippen molar-refractivity contribution in [2.45, 2.75) is 25.3 Å². The molecule has 0 unspecified atom stereocenters. The number of rotatable bonds is 1. The normalized spacial score (nSPS) is 25.9. The van der Waals surface area contributed by atoms with Crippen molar-refractivity contribution in [3.05, 3.63) is 0 Å². The van der Waals surface area contributed by atoms with E-state index >= 15 is 0 Å². The van der Waals surface area contributed by atoms with E-state index in [1.807, 2.05) is 0 Å². The lowest BCUT2D eigenvalue weighted by molar-refractivity contribution is -0.123. The van der Waals surface area contributed by atoms with Gasteiger partial charge in [0.2, 0.25) is 0 Å². The minimum atomic E-state index is -0.0975. The molecule has 1 amide bonds. The minimum Gasteiger partial charge on any atom is -0.306 e. The summed E-state index contributed by atoms with van der Waals surface area (Å²) in [5, 5.41) is 3.08. The van der Waals surface area contributed by atoms with Crippen LogP contribution in [0.15, 0.2) is 0 Å². The fraction of sp³-hybridized carbons (Fsp3) is 0.833. The first-order valence-corrected chi connectivity index (χ1v) is 3.58. The van der Waals surface area contributed by atoms with Crippen molar-refractivity contribution >= 4 is 5.91 Å². The number of hydrogen-bond acceptors (Lipinski definition) is 3. The molecule has 0 aromatic heterocycles. The highest BCUT2D eigenvalue weighted by atomic mass is 16.2. The number of amides is 1. The van der Waals surface area contributed by atoms with Crippen LogP contribution in [-0.2, 0) is 4.79 Å². The largest absolute Gasteiger partial charge is 0.306 e. The Morgan fingerprint density at radius 1 is 1.60 bits per heavy atom. The van der Waals surface area contributed by atoms with E-state index in [-0.39, 0.29) is 11.9 Å². The summed E-state index contributed by atoms with van der Waals surface area (Å²) in [4.78, 5) is 10.9. The monoisotopic (exact) mass is 143 g/mol. The van der Waals surface area contributed by atoms with Gasteiger partial charge in [0.1, 0.15) is 0 Å². The molecule has 4 nitrogen and oxygen atoms in total. The summed E-state index contributed by atoms with van der Waals surface area (Å²) >= 11 is 0. The van der Waals surface area contributed by atoms with Crippen molar-refractivity contribution in [3.63, 3.8) is 0 Å². The van der Waals surface area contributed by atoms with Gasteiger partial charge in [-0.15, -0.1) is 0 Å². The number of nitrogens with two attached hydrogens (primary N) is 1. The third-order valence-electron chi connectivity index (χ3n) is 1.77. The maximum atomic E-state index is 10.9. The summed E-state index contributed by atoms with van der Waals surface area (Å²) < 4.78 is 0. The second-order valence-electron chi connectivity index (χ2n) is 2.51. The summed E-state index contributed by atoms with van der Waals surface area (Å²) in [5.74, 6) is 4.87. The van der Waals surface area contributed by atoms with Crippen LogP contribution in [0.3, 0.4) is 0 Å². The molecule has 1 heterocycles. The topological polar surface area (TPSA) is 67.1 Å². The first-order valence-electron chi connectivity index (χ1n) is 3.58. The highest BCUT2D eigenvalue weighted by molar-refractivity contribution is 5.81. The molecule has 58 valence electrons. The molecule has 1 aliphatic rings. The Balaban J connectivity index is 2.31. The van der Waals surface area contributed by atoms with E-state index in [9.17, 15) is 4.79 Å². The van der Waals surface area contributed by atoms with Gasteiger partial charge in [-0.1, -0.05) is 6.42 Å². The maximum absolute atomic E-state index is 10.9. The van der Waals surface area contributed by atoms with E-state index in [2.05, 4.69) is 10.7 Å². The molecule has 1 fully saturated rings. The van der Waals surface area contributed by atoms with Crippen LogP contribution in [0.5, 0.6) is 0 Å². The third kappa shape index (κ3) is 1.68. The lowest BCUT2D eigenvalue weighted by Gasteiger charge is -2.21. The van der Waals surface area contributed by atoms with Crippen LogP contribution in [0, 0.1) is 0 Å². The van der Waals surface area contributed by atoms with Gasteiger partial charge in [0, 0.05) is 0 Å². The zero-order valence-electron chi connectivity index (χ0n) is 5.89. The minimum absolute atomic E-state index is 0.0567. The fourth-order valence-corrected chi connectivity index (χ4v) is 1.18. The Bertz CT molecular complexity index is 120. The molecular formula is C6H13N3O. The first kappa shape index (κ1) is 7.50.